The number of hydrogen-bond donors (Lipinski definition) is 0. The van der Waals surface area contributed by atoms with Crippen molar-refractivity contribution in [3.63, 3.8) is 0 Å². The maximum absolute atomic E-state index is 11.3. The number of anilines is 1. The van der Waals surface area contributed by atoms with Crippen LogP contribution < -0.4 is 4.90 Å². The molecule has 0 spiro atoms. The van der Waals surface area contributed by atoms with Gasteiger partial charge < -0.3 is 0 Å². The van der Waals surface area contributed by atoms with Crippen LogP contribution in [0.15, 0.2) is 11.6 Å². The van der Waals surface area contributed by atoms with E-state index in [1.807, 2.05) is 5.38 Å². The van der Waals surface area contributed by atoms with Gasteiger partial charge >= 0.3 is 0 Å². The second kappa shape index (κ2) is 5.75. The Labute approximate surface area is 88.8 Å². The number of rotatable bonds is 5. The smallest absolute Gasteiger partial charge is 0.225 e. The molecule has 0 bridgehead atoms. The number of amides is 1. The molecule has 1 aromatic rings. The van der Waals surface area contributed by atoms with E-state index in [0.717, 1.165) is 24.5 Å². The molecule has 0 radical (unpaired) electrons. The zero-order valence-corrected chi connectivity index (χ0v) is 9.51. The highest BCUT2D eigenvalue weighted by atomic mass is 32.1. The van der Waals surface area contributed by atoms with Gasteiger partial charge in [-0.3, -0.25) is 9.69 Å². The number of aromatic nitrogens is 1. The zero-order valence-electron chi connectivity index (χ0n) is 8.69. The second-order valence-corrected chi connectivity index (χ2v) is 4.07. The van der Waals surface area contributed by atoms with Crippen molar-refractivity contribution in [3.8, 4) is 0 Å². The van der Waals surface area contributed by atoms with Gasteiger partial charge in [0.25, 0.3) is 0 Å². The molecule has 3 nitrogen and oxygen atoms in total. The Morgan fingerprint density at radius 1 is 1.57 bits per heavy atom. The molecule has 0 aliphatic heterocycles. The molecular formula is C10H16N2OS. The van der Waals surface area contributed by atoms with Crippen LogP contribution >= 0.6 is 11.3 Å². The summed E-state index contributed by atoms with van der Waals surface area (Å²) in [6.07, 6.45) is 5.12. The monoisotopic (exact) mass is 212 g/mol. The first-order valence-electron chi connectivity index (χ1n) is 4.93. The van der Waals surface area contributed by atoms with Gasteiger partial charge in [-0.25, -0.2) is 4.98 Å². The second-order valence-electron chi connectivity index (χ2n) is 3.19. The van der Waals surface area contributed by atoms with Gasteiger partial charge in [0, 0.05) is 25.0 Å². The van der Waals surface area contributed by atoms with Gasteiger partial charge in [-0.05, 0) is 6.42 Å². The summed E-state index contributed by atoms with van der Waals surface area (Å²) in [4.78, 5) is 17.2. The van der Waals surface area contributed by atoms with Gasteiger partial charge in [0.1, 0.15) is 0 Å². The van der Waals surface area contributed by atoms with Crippen LogP contribution in [0.5, 0.6) is 0 Å². The molecule has 0 fully saturated rings. The first-order chi connectivity index (χ1) is 6.75. The fourth-order valence-electron chi connectivity index (χ4n) is 1.26. The summed E-state index contributed by atoms with van der Waals surface area (Å²) < 4.78 is 0. The van der Waals surface area contributed by atoms with E-state index in [1.54, 1.807) is 18.0 Å². The molecule has 0 aliphatic rings. The predicted octanol–water partition coefficient (Wildman–Crippen LogP) is 2.69. The van der Waals surface area contributed by atoms with Crippen LogP contribution in [0.1, 0.15) is 33.1 Å². The molecule has 14 heavy (non-hydrogen) atoms. The standard InChI is InChI=1S/C10H16N2OS/c1-3-4-5-7-12(9(2)13)10-11-6-8-14-10/h6,8H,3-5,7H2,1-2H3. The molecule has 0 saturated heterocycles. The summed E-state index contributed by atoms with van der Waals surface area (Å²) in [7, 11) is 0. The average Bonchev–Trinajstić information content (AvgIpc) is 2.64. The minimum atomic E-state index is 0.0797. The first kappa shape index (κ1) is 11.2. The predicted molar refractivity (Wildman–Crippen MR) is 59.7 cm³/mol. The van der Waals surface area contributed by atoms with Crippen LogP contribution in [0, 0.1) is 0 Å². The molecule has 0 aliphatic carbocycles. The van der Waals surface area contributed by atoms with E-state index < -0.39 is 0 Å². The molecule has 78 valence electrons. The average molecular weight is 212 g/mol. The van der Waals surface area contributed by atoms with Crippen molar-refractivity contribution in [1.29, 1.82) is 0 Å². The minimum absolute atomic E-state index is 0.0797. The lowest BCUT2D eigenvalue weighted by atomic mass is 10.2. The fraction of sp³-hybridized carbons (Fsp3) is 0.600. The maximum Gasteiger partial charge on any atom is 0.225 e. The lowest BCUT2D eigenvalue weighted by molar-refractivity contribution is -0.116. The van der Waals surface area contributed by atoms with Crippen molar-refractivity contribution in [2.75, 3.05) is 11.4 Å². The van der Waals surface area contributed by atoms with Crippen LogP contribution in [0.2, 0.25) is 0 Å². The van der Waals surface area contributed by atoms with Crippen molar-refractivity contribution in [2.24, 2.45) is 0 Å². The van der Waals surface area contributed by atoms with Gasteiger partial charge in [0.2, 0.25) is 5.91 Å². The summed E-state index contributed by atoms with van der Waals surface area (Å²) in [5.74, 6) is 0.0797. The molecule has 0 atom stereocenters. The fourth-order valence-corrected chi connectivity index (χ4v) is 1.97. The molecule has 0 unspecified atom stereocenters. The van der Waals surface area contributed by atoms with Crippen LogP contribution in [0.4, 0.5) is 5.13 Å². The quantitative estimate of drug-likeness (QED) is 0.703. The number of hydrogen-bond acceptors (Lipinski definition) is 3. The van der Waals surface area contributed by atoms with Crippen molar-refractivity contribution in [3.05, 3.63) is 11.6 Å². The Kier molecular flexibility index (Phi) is 4.59. The number of carbonyl (C=O) groups excluding carboxylic acids is 1. The van der Waals surface area contributed by atoms with Crippen LogP contribution in [0.3, 0.4) is 0 Å². The highest BCUT2D eigenvalue weighted by Crippen LogP contribution is 2.18. The van der Waals surface area contributed by atoms with E-state index in [0.29, 0.717) is 0 Å². The summed E-state index contributed by atoms with van der Waals surface area (Å²) >= 11 is 1.51. The molecular weight excluding hydrogens is 196 g/mol. The summed E-state index contributed by atoms with van der Waals surface area (Å²) in [5.41, 5.74) is 0. The summed E-state index contributed by atoms with van der Waals surface area (Å²) in [6, 6.07) is 0. The molecule has 4 heteroatoms. The molecule has 0 saturated carbocycles. The zero-order chi connectivity index (χ0) is 10.4. The van der Waals surface area contributed by atoms with Gasteiger partial charge in [0.05, 0.1) is 0 Å². The number of carbonyl (C=O) groups is 1. The van der Waals surface area contributed by atoms with Gasteiger partial charge in [-0.15, -0.1) is 11.3 Å². The van der Waals surface area contributed by atoms with Gasteiger partial charge in [0.15, 0.2) is 5.13 Å². The third kappa shape index (κ3) is 3.10. The highest BCUT2D eigenvalue weighted by Gasteiger charge is 2.12. The maximum atomic E-state index is 11.3. The summed E-state index contributed by atoms with van der Waals surface area (Å²) in [6.45, 7) is 4.53. The first-order valence-corrected chi connectivity index (χ1v) is 5.81. The number of nitrogens with zero attached hydrogens (tertiary/aromatic N) is 2. The molecule has 0 N–H and O–H groups in total. The molecule has 1 rings (SSSR count). The summed E-state index contributed by atoms with van der Waals surface area (Å²) in [5, 5.41) is 2.71. The van der Waals surface area contributed by atoms with Crippen molar-refractivity contribution < 1.29 is 4.79 Å². The van der Waals surface area contributed by atoms with E-state index >= 15 is 0 Å². The van der Waals surface area contributed by atoms with E-state index in [2.05, 4.69) is 11.9 Å². The van der Waals surface area contributed by atoms with E-state index in [4.69, 9.17) is 0 Å². The van der Waals surface area contributed by atoms with E-state index in [9.17, 15) is 4.79 Å². The Morgan fingerprint density at radius 2 is 2.36 bits per heavy atom. The van der Waals surface area contributed by atoms with E-state index in [1.165, 1.54) is 17.8 Å². The van der Waals surface area contributed by atoms with Crippen molar-refractivity contribution in [1.82, 2.24) is 4.98 Å². The Bertz CT molecular complexity index is 272. The minimum Gasteiger partial charge on any atom is -0.288 e. The Morgan fingerprint density at radius 3 is 2.86 bits per heavy atom. The lowest BCUT2D eigenvalue weighted by Crippen LogP contribution is -2.29. The topological polar surface area (TPSA) is 33.2 Å². The molecule has 1 amide bonds. The SMILES string of the molecule is CCCCCN(C(C)=O)c1nccs1. The Hall–Kier alpha value is -0.900. The Balaban J connectivity index is 2.52. The van der Waals surface area contributed by atoms with Crippen molar-refractivity contribution >= 4 is 22.4 Å². The van der Waals surface area contributed by atoms with Crippen LogP contribution in [-0.2, 0) is 4.79 Å². The van der Waals surface area contributed by atoms with Crippen LogP contribution in [-0.4, -0.2) is 17.4 Å². The number of thiazole rings is 1. The molecule has 1 aromatic heterocycles. The van der Waals surface area contributed by atoms with Gasteiger partial charge in [-0.2, -0.15) is 0 Å². The normalized spacial score (nSPS) is 10.1. The third-order valence-electron chi connectivity index (χ3n) is 2.02. The molecule has 1 heterocycles. The van der Waals surface area contributed by atoms with Gasteiger partial charge in [-0.1, -0.05) is 19.8 Å². The third-order valence-corrected chi connectivity index (χ3v) is 2.81. The lowest BCUT2D eigenvalue weighted by Gasteiger charge is -2.17. The van der Waals surface area contributed by atoms with Crippen molar-refractivity contribution in [2.45, 2.75) is 33.1 Å². The molecule has 0 aromatic carbocycles. The largest absolute Gasteiger partial charge is 0.288 e. The number of unbranched alkanes of at least 4 members (excludes halogenated alkanes) is 2. The van der Waals surface area contributed by atoms with E-state index in [-0.39, 0.29) is 5.91 Å². The van der Waals surface area contributed by atoms with Crippen LogP contribution in [0.25, 0.3) is 0 Å². The highest BCUT2D eigenvalue weighted by molar-refractivity contribution is 7.13.